The lowest BCUT2D eigenvalue weighted by atomic mass is 9.97. The van der Waals surface area contributed by atoms with E-state index in [1.807, 2.05) is 11.9 Å². The van der Waals surface area contributed by atoms with E-state index < -0.39 is 18.5 Å². The van der Waals surface area contributed by atoms with Gasteiger partial charge in [-0.25, -0.2) is 8.78 Å². The molecule has 0 aliphatic carbocycles. The van der Waals surface area contributed by atoms with Gasteiger partial charge in [-0.2, -0.15) is 0 Å². The molecule has 5 rings (SSSR count). The van der Waals surface area contributed by atoms with Crippen LogP contribution in [0.15, 0.2) is 41.3 Å². The summed E-state index contributed by atoms with van der Waals surface area (Å²) in [4.78, 5) is 13.8. The van der Waals surface area contributed by atoms with Crippen molar-refractivity contribution < 1.29 is 13.9 Å². The van der Waals surface area contributed by atoms with Crippen LogP contribution in [0, 0.1) is 0 Å². The van der Waals surface area contributed by atoms with Crippen molar-refractivity contribution in [2.75, 3.05) is 11.9 Å². The average molecular weight is 460 g/mol. The molecule has 2 saturated heterocycles. The number of nitrogens with one attached hydrogen (secondary N) is 1. The summed E-state index contributed by atoms with van der Waals surface area (Å²) in [6.07, 6.45) is 3.00. The molecule has 0 spiro atoms. The van der Waals surface area contributed by atoms with Gasteiger partial charge in [0.2, 0.25) is 5.13 Å². The van der Waals surface area contributed by atoms with Gasteiger partial charge in [0.25, 0.3) is 5.56 Å². The predicted octanol–water partition coefficient (Wildman–Crippen LogP) is 3.33. The third kappa shape index (κ3) is 3.67. The van der Waals surface area contributed by atoms with Gasteiger partial charge in [0.05, 0.1) is 11.6 Å². The lowest BCUT2D eigenvalue weighted by Gasteiger charge is -2.38. The van der Waals surface area contributed by atoms with E-state index >= 15 is 0 Å². The number of hydrogen-bond donors (Lipinski definition) is 2. The number of benzene rings is 1. The molecule has 2 unspecified atom stereocenters. The Morgan fingerprint density at radius 1 is 1.25 bits per heavy atom. The fraction of sp³-hybridized carbons (Fsp3) is 0.409. The summed E-state index contributed by atoms with van der Waals surface area (Å²) in [7, 11) is 1.84. The van der Waals surface area contributed by atoms with Crippen molar-refractivity contribution in [2.45, 2.75) is 50.4 Å². The fourth-order valence-electron chi connectivity index (χ4n) is 4.64. The third-order valence-electron chi connectivity index (χ3n) is 6.45. The smallest absolute Gasteiger partial charge is 0.253 e. The fourth-order valence-corrected chi connectivity index (χ4v) is 5.53. The Bertz CT molecular complexity index is 1200. The van der Waals surface area contributed by atoms with Gasteiger partial charge in [-0.1, -0.05) is 17.4 Å². The monoisotopic (exact) mass is 459 g/mol. The number of fused-ring (bicyclic) bond motifs is 2. The van der Waals surface area contributed by atoms with Gasteiger partial charge in [0.1, 0.15) is 11.9 Å². The molecule has 0 amide bonds. The number of alkyl halides is 2. The first kappa shape index (κ1) is 21.0. The van der Waals surface area contributed by atoms with Crippen LogP contribution in [0.3, 0.4) is 0 Å². The van der Waals surface area contributed by atoms with E-state index in [-0.39, 0.29) is 17.8 Å². The Morgan fingerprint density at radius 3 is 2.81 bits per heavy atom. The molecule has 2 aromatic heterocycles. The number of pyridine rings is 1. The van der Waals surface area contributed by atoms with Gasteiger partial charge in [0.15, 0.2) is 11.8 Å². The first-order valence-electron chi connectivity index (χ1n) is 10.5. The van der Waals surface area contributed by atoms with Crippen molar-refractivity contribution >= 4 is 16.5 Å². The number of phenolic OH excluding ortho intramolecular Hbond substituents is 1. The molecule has 1 aromatic carbocycles. The number of anilines is 1. The van der Waals surface area contributed by atoms with E-state index in [4.69, 9.17) is 0 Å². The summed E-state index contributed by atoms with van der Waals surface area (Å²) >= 11 is 1.30. The number of piperidine rings is 1. The molecule has 4 heterocycles. The Balaban J connectivity index is 1.38. The van der Waals surface area contributed by atoms with Gasteiger partial charge in [0, 0.05) is 31.4 Å². The summed E-state index contributed by atoms with van der Waals surface area (Å²) in [5.74, 6) is -0.00852. The summed E-state index contributed by atoms with van der Waals surface area (Å²) < 4.78 is 28.6. The van der Waals surface area contributed by atoms with Crippen molar-refractivity contribution in [1.29, 1.82) is 0 Å². The van der Waals surface area contributed by atoms with E-state index in [1.54, 1.807) is 18.2 Å². The van der Waals surface area contributed by atoms with Gasteiger partial charge in [-0.3, -0.25) is 9.36 Å². The lowest BCUT2D eigenvalue weighted by molar-refractivity contribution is 0.176. The number of hydrogen-bond acceptors (Lipinski definition) is 7. The summed E-state index contributed by atoms with van der Waals surface area (Å²) in [6.45, 7) is -0.890. The zero-order valence-electron chi connectivity index (χ0n) is 17.4. The normalized spacial score (nSPS) is 24.6. The van der Waals surface area contributed by atoms with Crippen molar-refractivity contribution in [2.24, 2.45) is 0 Å². The first-order chi connectivity index (χ1) is 15.4. The van der Waals surface area contributed by atoms with Gasteiger partial charge < -0.3 is 15.3 Å². The van der Waals surface area contributed by atoms with Gasteiger partial charge in [-0.15, -0.1) is 10.2 Å². The largest absolute Gasteiger partial charge is 0.507 e. The third-order valence-corrected chi connectivity index (χ3v) is 7.50. The molecule has 3 aromatic rings. The van der Waals surface area contributed by atoms with Crippen molar-refractivity contribution in [3.05, 3.63) is 46.9 Å². The Morgan fingerprint density at radius 2 is 2.06 bits per heavy atom. The number of rotatable bonds is 5. The predicted molar refractivity (Wildman–Crippen MR) is 119 cm³/mol. The molecule has 2 aliphatic rings. The number of halogens is 2. The molecule has 7 nitrogen and oxygen atoms in total. The molecular weight excluding hydrogens is 436 g/mol. The minimum atomic E-state index is -0.966. The number of phenols is 1. The topological polar surface area (TPSA) is 83.3 Å². The SMILES string of the molecule is CN(c1nnc(-c2ccc(-c3ccn(CF)c(=O)c3)cc2O)s1)[C@H]1CC2CCC(N2)[C@H]1F. The van der Waals surface area contributed by atoms with Crippen LogP contribution < -0.4 is 15.8 Å². The molecule has 2 aliphatic heterocycles. The minimum absolute atomic E-state index is 0.00852. The molecule has 168 valence electrons. The molecule has 32 heavy (non-hydrogen) atoms. The standard InChI is InChI=1S/C22H23F2N5O2S/c1-28(17-10-14-3-5-16(25-14)20(17)24)22-27-26-21(32-22)15-4-2-12(8-18(15)30)13-6-7-29(11-23)19(31)9-13/h2,4,6-9,14,16-17,20,25,30H,3,5,10-11H2,1H3/t14?,16?,17-,20+/m0/s1. The van der Waals surface area contributed by atoms with Crippen LogP contribution in [0.1, 0.15) is 19.3 Å². The van der Waals surface area contributed by atoms with Crippen LogP contribution in [0.2, 0.25) is 0 Å². The van der Waals surface area contributed by atoms with Crippen LogP contribution in [0.25, 0.3) is 21.7 Å². The van der Waals surface area contributed by atoms with Crippen LogP contribution >= 0.6 is 11.3 Å². The van der Waals surface area contributed by atoms with Crippen LogP contribution in [-0.2, 0) is 6.80 Å². The first-order valence-corrected chi connectivity index (χ1v) is 11.3. The second kappa shape index (κ2) is 8.25. The summed E-state index contributed by atoms with van der Waals surface area (Å²) in [5, 5.41) is 23.5. The molecule has 2 N–H and O–H groups in total. The number of nitrogens with zero attached hydrogens (tertiary/aromatic N) is 4. The van der Waals surface area contributed by atoms with Gasteiger partial charge in [-0.05, 0) is 48.6 Å². The summed E-state index contributed by atoms with van der Waals surface area (Å²) in [6, 6.07) is 7.94. The van der Waals surface area contributed by atoms with E-state index in [1.165, 1.54) is 29.7 Å². The highest BCUT2D eigenvalue weighted by Gasteiger charge is 2.44. The lowest BCUT2D eigenvalue weighted by Crippen LogP contribution is -2.55. The Hall–Kier alpha value is -2.85. The highest BCUT2D eigenvalue weighted by molar-refractivity contribution is 7.18. The van der Waals surface area contributed by atoms with E-state index in [0.717, 1.165) is 23.8 Å². The van der Waals surface area contributed by atoms with Crippen LogP contribution in [0.5, 0.6) is 5.75 Å². The number of aromatic hydroxyl groups is 1. The van der Waals surface area contributed by atoms with Crippen molar-refractivity contribution in [3.8, 4) is 27.4 Å². The number of aromatic nitrogens is 3. The molecule has 4 atom stereocenters. The van der Waals surface area contributed by atoms with E-state index in [2.05, 4.69) is 15.5 Å². The molecule has 2 fully saturated rings. The summed E-state index contributed by atoms with van der Waals surface area (Å²) in [5.41, 5.74) is 1.25. The van der Waals surface area contributed by atoms with Crippen LogP contribution in [-0.4, -0.2) is 51.2 Å². The van der Waals surface area contributed by atoms with E-state index in [0.29, 0.717) is 32.9 Å². The second-order valence-electron chi connectivity index (χ2n) is 8.37. The molecule has 0 radical (unpaired) electrons. The zero-order chi connectivity index (χ0) is 22.4. The maximum absolute atomic E-state index is 14.9. The van der Waals surface area contributed by atoms with Crippen molar-refractivity contribution in [1.82, 2.24) is 20.1 Å². The van der Waals surface area contributed by atoms with Gasteiger partial charge >= 0.3 is 0 Å². The van der Waals surface area contributed by atoms with E-state index in [9.17, 15) is 18.7 Å². The Labute approximate surface area is 187 Å². The minimum Gasteiger partial charge on any atom is -0.507 e. The molecular formula is C22H23F2N5O2S. The Kier molecular flexibility index (Phi) is 5.42. The highest BCUT2D eigenvalue weighted by Crippen LogP contribution is 2.39. The zero-order valence-corrected chi connectivity index (χ0v) is 18.2. The quantitative estimate of drug-likeness (QED) is 0.609. The maximum atomic E-state index is 14.9. The second-order valence-corrected chi connectivity index (χ2v) is 9.33. The molecule has 10 heteroatoms. The molecule has 0 saturated carbocycles. The molecule has 2 bridgehead atoms. The van der Waals surface area contributed by atoms with Crippen LogP contribution in [0.4, 0.5) is 13.9 Å². The highest BCUT2D eigenvalue weighted by atomic mass is 32.1. The average Bonchev–Trinajstić information content (AvgIpc) is 3.44. The van der Waals surface area contributed by atoms with Crippen molar-refractivity contribution in [3.63, 3.8) is 0 Å². The maximum Gasteiger partial charge on any atom is 0.253 e.